The van der Waals surface area contributed by atoms with E-state index in [1.807, 2.05) is 0 Å². The summed E-state index contributed by atoms with van der Waals surface area (Å²) < 4.78 is 32.3. The van der Waals surface area contributed by atoms with Crippen LogP contribution in [0.2, 0.25) is 10.0 Å². The average Bonchev–Trinajstić information content (AvgIpc) is 3.23. The van der Waals surface area contributed by atoms with Crippen molar-refractivity contribution in [2.24, 2.45) is 0 Å². The van der Waals surface area contributed by atoms with Gasteiger partial charge in [0.2, 0.25) is 5.75 Å². The van der Waals surface area contributed by atoms with Crippen molar-refractivity contribution >= 4 is 29.2 Å². The molecule has 0 N–H and O–H groups in total. The lowest BCUT2D eigenvalue weighted by molar-refractivity contribution is -0.0453. The molecule has 1 aliphatic heterocycles. The number of rotatable bonds is 6. The summed E-state index contributed by atoms with van der Waals surface area (Å²) in [5, 5.41) is 0.522. The van der Waals surface area contributed by atoms with E-state index in [0.717, 1.165) is 0 Å². The lowest BCUT2D eigenvalue weighted by Gasteiger charge is -2.17. The maximum absolute atomic E-state index is 12.8. The Kier molecular flexibility index (Phi) is 6.51. The van der Waals surface area contributed by atoms with E-state index in [0.29, 0.717) is 41.0 Å². The van der Waals surface area contributed by atoms with Gasteiger partial charge in [0.15, 0.2) is 23.5 Å². The van der Waals surface area contributed by atoms with Crippen molar-refractivity contribution in [3.63, 3.8) is 0 Å². The van der Waals surface area contributed by atoms with Crippen molar-refractivity contribution in [3.05, 3.63) is 45.4 Å². The third-order valence-electron chi connectivity index (χ3n) is 4.01. The second-order valence-corrected chi connectivity index (χ2v) is 6.53. The Balaban J connectivity index is 1.97. The third kappa shape index (κ3) is 4.12. The number of benzene rings is 2. The van der Waals surface area contributed by atoms with Crippen LogP contribution in [0.15, 0.2) is 24.3 Å². The highest BCUT2D eigenvalue weighted by atomic mass is 35.5. The van der Waals surface area contributed by atoms with Crippen LogP contribution >= 0.6 is 23.2 Å². The van der Waals surface area contributed by atoms with Gasteiger partial charge in [-0.25, -0.2) is 4.79 Å². The SMILES string of the molecule is COc1cc(C(=O)Oc2c(Cl)cc(Cl)cc2C2OCCO2)cc(OC)c1OC. The minimum absolute atomic E-state index is 0.108. The van der Waals surface area contributed by atoms with E-state index in [9.17, 15) is 4.79 Å². The number of hydrogen-bond acceptors (Lipinski definition) is 7. The average molecular weight is 429 g/mol. The molecule has 2 aromatic carbocycles. The van der Waals surface area contributed by atoms with E-state index in [1.165, 1.54) is 39.5 Å². The number of hydrogen-bond donors (Lipinski definition) is 0. The molecule has 0 bridgehead atoms. The van der Waals surface area contributed by atoms with Crippen LogP contribution in [0.3, 0.4) is 0 Å². The predicted octanol–water partition coefficient (Wildman–Crippen LogP) is 4.28. The molecule has 0 amide bonds. The smallest absolute Gasteiger partial charge is 0.343 e. The lowest BCUT2D eigenvalue weighted by Crippen LogP contribution is -2.13. The van der Waals surface area contributed by atoms with E-state index < -0.39 is 12.3 Å². The van der Waals surface area contributed by atoms with E-state index in [4.69, 9.17) is 51.6 Å². The second-order valence-electron chi connectivity index (χ2n) is 5.68. The molecule has 0 atom stereocenters. The summed E-state index contributed by atoms with van der Waals surface area (Å²) in [5.74, 6) is 0.427. The molecule has 0 saturated carbocycles. The Morgan fingerprint density at radius 3 is 2.07 bits per heavy atom. The van der Waals surface area contributed by atoms with Gasteiger partial charge in [0.25, 0.3) is 0 Å². The van der Waals surface area contributed by atoms with Gasteiger partial charge in [-0.1, -0.05) is 23.2 Å². The summed E-state index contributed by atoms with van der Waals surface area (Å²) >= 11 is 12.4. The van der Waals surface area contributed by atoms with E-state index in [2.05, 4.69) is 0 Å². The van der Waals surface area contributed by atoms with Gasteiger partial charge in [-0.05, 0) is 24.3 Å². The van der Waals surface area contributed by atoms with Gasteiger partial charge >= 0.3 is 5.97 Å². The van der Waals surface area contributed by atoms with Gasteiger partial charge in [0.05, 0.1) is 50.7 Å². The first-order valence-corrected chi connectivity index (χ1v) is 8.98. The number of esters is 1. The Morgan fingerprint density at radius 1 is 0.929 bits per heavy atom. The van der Waals surface area contributed by atoms with Crippen LogP contribution < -0.4 is 18.9 Å². The highest BCUT2D eigenvalue weighted by Crippen LogP contribution is 2.41. The fraction of sp³-hybridized carbons (Fsp3) is 0.316. The molecule has 0 spiro atoms. The molecule has 9 heteroatoms. The number of methoxy groups -OCH3 is 3. The fourth-order valence-electron chi connectivity index (χ4n) is 2.75. The molecular formula is C19H18Cl2O7. The highest BCUT2D eigenvalue weighted by molar-refractivity contribution is 6.35. The molecule has 1 saturated heterocycles. The molecule has 7 nitrogen and oxygen atoms in total. The number of carbonyl (C=O) groups excluding carboxylic acids is 1. The number of halogens is 2. The monoisotopic (exact) mass is 428 g/mol. The summed E-state index contributed by atoms with van der Waals surface area (Å²) in [4.78, 5) is 12.8. The molecule has 150 valence electrons. The van der Waals surface area contributed by atoms with Crippen LogP contribution in [-0.4, -0.2) is 40.5 Å². The van der Waals surface area contributed by atoms with Crippen molar-refractivity contribution in [1.29, 1.82) is 0 Å². The third-order valence-corrected chi connectivity index (χ3v) is 4.51. The van der Waals surface area contributed by atoms with Crippen molar-refractivity contribution in [3.8, 4) is 23.0 Å². The van der Waals surface area contributed by atoms with Gasteiger partial charge in [0.1, 0.15) is 0 Å². The van der Waals surface area contributed by atoms with Crippen LogP contribution in [0.25, 0.3) is 0 Å². The molecule has 0 aromatic heterocycles. The number of carbonyl (C=O) groups is 1. The zero-order chi connectivity index (χ0) is 20.3. The maximum atomic E-state index is 12.8. The molecule has 28 heavy (non-hydrogen) atoms. The molecule has 1 aliphatic rings. The summed E-state index contributed by atoms with van der Waals surface area (Å²) in [7, 11) is 4.38. The first kappa shape index (κ1) is 20.5. The van der Waals surface area contributed by atoms with Gasteiger partial charge in [-0.3, -0.25) is 0 Å². The predicted molar refractivity (Wildman–Crippen MR) is 102 cm³/mol. The topological polar surface area (TPSA) is 72.5 Å². The minimum Gasteiger partial charge on any atom is -0.493 e. The van der Waals surface area contributed by atoms with Crippen LogP contribution in [0, 0.1) is 0 Å². The molecular weight excluding hydrogens is 411 g/mol. The molecule has 0 unspecified atom stereocenters. The van der Waals surface area contributed by atoms with E-state index in [1.54, 1.807) is 6.07 Å². The lowest BCUT2D eigenvalue weighted by atomic mass is 10.1. The Morgan fingerprint density at radius 2 is 1.54 bits per heavy atom. The van der Waals surface area contributed by atoms with Gasteiger partial charge in [-0.2, -0.15) is 0 Å². The maximum Gasteiger partial charge on any atom is 0.343 e. The van der Waals surface area contributed by atoms with Crippen molar-refractivity contribution < 1.29 is 33.2 Å². The molecule has 3 rings (SSSR count). The first-order chi connectivity index (χ1) is 13.5. The quantitative estimate of drug-likeness (QED) is 0.501. The zero-order valence-electron chi connectivity index (χ0n) is 15.4. The number of ether oxygens (including phenoxy) is 6. The van der Waals surface area contributed by atoms with Gasteiger partial charge in [-0.15, -0.1) is 0 Å². The molecule has 0 radical (unpaired) electrons. The van der Waals surface area contributed by atoms with Crippen LogP contribution in [0.1, 0.15) is 22.2 Å². The summed E-state index contributed by atoms with van der Waals surface area (Å²) in [6.45, 7) is 0.824. The Labute approximate surface area is 171 Å². The van der Waals surface area contributed by atoms with Crippen LogP contribution in [0.5, 0.6) is 23.0 Å². The summed E-state index contributed by atoms with van der Waals surface area (Å²) in [6.07, 6.45) is -0.723. The minimum atomic E-state index is -0.723. The van der Waals surface area contributed by atoms with Gasteiger partial charge in [0, 0.05) is 5.02 Å². The van der Waals surface area contributed by atoms with Gasteiger partial charge < -0.3 is 28.4 Å². The molecule has 0 aliphatic carbocycles. The van der Waals surface area contributed by atoms with Crippen molar-refractivity contribution in [2.75, 3.05) is 34.5 Å². The summed E-state index contributed by atoms with van der Waals surface area (Å²) in [5.41, 5.74) is 0.607. The van der Waals surface area contributed by atoms with Crippen LogP contribution in [0.4, 0.5) is 0 Å². The zero-order valence-corrected chi connectivity index (χ0v) is 16.9. The van der Waals surface area contributed by atoms with E-state index >= 15 is 0 Å². The Bertz CT molecular complexity index is 854. The first-order valence-electron chi connectivity index (χ1n) is 8.22. The highest BCUT2D eigenvalue weighted by Gasteiger charge is 2.27. The van der Waals surface area contributed by atoms with Crippen molar-refractivity contribution in [1.82, 2.24) is 0 Å². The largest absolute Gasteiger partial charge is 0.493 e. The fourth-order valence-corrected chi connectivity index (χ4v) is 3.30. The van der Waals surface area contributed by atoms with E-state index in [-0.39, 0.29) is 16.3 Å². The molecule has 1 heterocycles. The molecule has 2 aromatic rings. The standard InChI is InChI=1S/C19H18Cl2O7/c1-23-14-6-10(7-15(24-2)17(14)25-3)18(22)28-16-12(19-26-4-5-27-19)8-11(20)9-13(16)21/h6-9,19H,4-5H2,1-3H3. The summed E-state index contributed by atoms with van der Waals surface area (Å²) in [6, 6.07) is 6.02. The normalized spacial score (nSPS) is 14.0. The second kappa shape index (κ2) is 8.87. The van der Waals surface area contributed by atoms with Crippen LogP contribution in [-0.2, 0) is 9.47 Å². The van der Waals surface area contributed by atoms with Crippen molar-refractivity contribution in [2.45, 2.75) is 6.29 Å². The Hall–Kier alpha value is -2.19. The molecule has 1 fully saturated rings.